The van der Waals surface area contributed by atoms with Gasteiger partial charge in [-0.05, 0) is 73.9 Å². The van der Waals surface area contributed by atoms with E-state index in [1.165, 1.54) is 32.9 Å². The van der Waals surface area contributed by atoms with Crippen molar-refractivity contribution in [2.45, 2.75) is 24.2 Å². The lowest BCUT2D eigenvalue weighted by atomic mass is 10.1. The monoisotopic (exact) mass is 510 g/mol. The standard InChI is InChI=1S/2C14H13N3S/c1-10-3-4-11-6-8-17(12(11)9-10)13-5-7-15-14(16-13)18-2;1-10-4-3-5-12-11(10)7-9-17(12)13-6-8-15-14(16-13)18-2/h2*3-9H,1-2H3. The minimum absolute atomic E-state index is 0.794. The average molecular weight is 511 g/mol. The molecule has 0 spiro atoms. The number of hydrogen-bond donors (Lipinski definition) is 0. The highest BCUT2D eigenvalue weighted by Crippen LogP contribution is 2.23. The topological polar surface area (TPSA) is 61.4 Å². The first-order valence-electron chi connectivity index (χ1n) is 11.5. The van der Waals surface area contributed by atoms with E-state index in [9.17, 15) is 0 Å². The summed E-state index contributed by atoms with van der Waals surface area (Å²) in [5, 5.41) is 4.08. The number of aryl methyl sites for hydroxylation is 2. The summed E-state index contributed by atoms with van der Waals surface area (Å²) >= 11 is 3.11. The van der Waals surface area contributed by atoms with Gasteiger partial charge in [-0.3, -0.25) is 0 Å². The zero-order chi connectivity index (χ0) is 25.1. The van der Waals surface area contributed by atoms with Crippen molar-refractivity contribution >= 4 is 45.3 Å². The third kappa shape index (κ3) is 4.87. The number of nitrogens with zero attached hydrogens (tertiary/aromatic N) is 6. The highest BCUT2D eigenvalue weighted by atomic mass is 32.2. The lowest BCUT2D eigenvalue weighted by Crippen LogP contribution is -1.97. The Morgan fingerprint density at radius 1 is 0.667 bits per heavy atom. The summed E-state index contributed by atoms with van der Waals surface area (Å²) in [4.78, 5) is 17.5. The molecule has 0 saturated heterocycles. The van der Waals surface area contributed by atoms with Crippen LogP contribution in [0.3, 0.4) is 0 Å². The molecule has 0 radical (unpaired) electrons. The summed E-state index contributed by atoms with van der Waals surface area (Å²) in [7, 11) is 0. The van der Waals surface area contributed by atoms with E-state index in [-0.39, 0.29) is 0 Å². The van der Waals surface area contributed by atoms with Crippen LogP contribution in [-0.4, -0.2) is 41.6 Å². The van der Waals surface area contributed by atoms with Crippen LogP contribution in [0.25, 0.3) is 33.4 Å². The zero-order valence-corrected chi connectivity index (χ0v) is 22.2. The maximum Gasteiger partial charge on any atom is 0.189 e. The fraction of sp³-hybridized carbons (Fsp3) is 0.143. The molecule has 6 aromatic rings. The van der Waals surface area contributed by atoms with Gasteiger partial charge in [0, 0.05) is 35.6 Å². The van der Waals surface area contributed by atoms with Crippen LogP contribution in [0.2, 0.25) is 0 Å². The molecule has 8 heteroatoms. The van der Waals surface area contributed by atoms with Crippen LogP contribution in [0.15, 0.2) is 95.8 Å². The van der Waals surface area contributed by atoms with Crippen LogP contribution < -0.4 is 0 Å². The molecule has 0 aliphatic rings. The predicted molar refractivity (Wildman–Crippen MR) is 151 cm³/mol. The van der Waals surface area contributed by atoms with E-state index >= 15 is 0 Å². The summed E-state index contributed by atoms with van der Waals surface area (Å²) in [5.74, 6) is 1.82. The fourth-order valence-corrected chi connectivity index (χ4v) is 4.79. The average Bonchev–Trinajstić information content (AvgIpc) is 3.54. The van der Waals surface area contributed by atoms with E-state index in [0.29, 0.717) is 0 Å². The first-order valence-corrected chi connectivity index (χ1v) is 13.9. The van der Waals surface area contributed by atoms with Crippen LogP contribution in [-0.2, 0) is 0 Å². The smallest absolute Gasteiger partial charge is 0.189 e. The Hall–Kier alpha value is -3.62. The van der Waals surface area contributed by atoms with E-state index in [1.807, 2.05) is 24.6 Å². The number of thioether (sulfide) groups is 2. The number of benzene rings is 2. The molecular weight excluding hydrogens is 484 g/mol. The first kappa shape index (κ1) is 24.1. The molecule has 0 atom stereocenters. The van der Waals surface area contributed by atoms with Crippen molar-refractivity contribution in [3.05, 3.63) is 96.6 Å². The van der Waals surface area contributed by atoms with Crippen molar-refractivity contribution in [1.29, 1.82) is 0 Å². The number of hydrogen-bond acceptors (Lipinski definition) is 6. The first-order chi connectivity index (χ1) is 17.6. The van der Waals surface area contributed by atoms with Crippen LogP contribution in [0.1, 0.15) is 11.1 Å². The van der Waals surface area contributed by atoms with Gasteiger partial charge in [-0.25, -0.2) is 19.9 Å². The molecule has 0 N–H and O–H groups in total. The van der Waals surface area contributed by atoms with Gasteiger partial charge >= 0.3 is 0 Å². The van der Waals surface area contributed by atoms with Crippen molar-refractivity contribution in [3.8, 4) is 11.6 Å². The molecule has 4 aromatic heterocycles. The van der Waals surface area contributed by atoms with Gasteiger partial charge in [0.05, 0.1) is 11.0 Å². The van der Waals surface area contributed by atoms with Crippen molar-refractivity contribution in [1.82, 2.24) is 29.1 Å². The normalized spacial score (nSPS) is 11.0. The van der Waals surface area contributed by atoms with Crippen LogP contribution in [0.5, 0.6) is 0 Å². The molecule has 0 aliphatic carbocycles. The van der Waals surface area contributed by atoms with Gasteiger partial charge < -0.3 is 9.13 Å². The van der Waals surface area contributed by atoms with Gasteiger partial charge in [-0.15, -0.1) is 0 Å². The summed E-state index contributed by atoms with van der Waals surface area (Å²) in [6.45, 7) is 4.23. The molecule has 0 bridgehead atoms. The van der Waals surface area contributed by atoms with Crippen molar-refractivity contribution < 1.29 is 0 Å². The van der Waals surface area contributed by atoms with Crippen molar-refractivity contribution in [2.75, 3.05) is 12.5 Å². The minimum Gasteiger partial charge on any atom is -0.301 e. The van der Waals surface area contributed by atoms with Crippen molar-refractivity contribution in [2.24, 2.45) is 0 Å². The number of fused-ring (bicyclic) bond motifs is 2. The molecule has 0 aliphatic heterocycles. The van der Waals surface area contributed by atoms with E-state index < -0.39 is 0 Å². The number of rotatable bonds is 4. The second kappa shape index (κ2) is 10.6. The SMILES string of the molecule is CSc1nccc(-n2ccc3c(C)cccc32)n1.CSc1nccc(-n2ccc3ccc(C)cc32)n1. The van der Waals surface area contributed by atoms with Crippen LogP contribution in [0, 0.1) is 13.8 Å². The van der Waals surface area contributed by atoms with E-state index in [1.54, 1.807) is 35.9 Å². The quantitative estimate of drug-likeness (QED) is 0.190. The van der Waals surface area contributed by atoms with E-state index in [0.717, 1.165) is 21.9 Å². The molecule has 2 aromatic carbocycles. The largest absolute Gasteiger partial charge is 0.301 e. The van der Waals surface area contributed by atoms with Gasteiger partial charge in [-0.2, -0.15) is 0 Å². The summed E-state index contributed by atoms with van der Waals surface area (Å²) < 4.78 is 4.20. The van der Waals surface area contributed by atoms with Gasteiger partial charge in [0.25, 0.3) is 0 Å². The highest BCUT2D eigenvalue weighted by Gasteiger charge is 2.07. The molecule has 36 heavy (non-hydrogen) atoms. The second-order valence-electron chi connectivity index (χ2n) is 8.24. The van der Waals surface area contributed by atoms with Crippen LogP contribution >= 0.6 is 23.5 Å². The van der Waals surface area contributed by atoms with Gasteiger partial charge in [-0.1, -0.05) is 47.8 Å². The van der Waals surface area contributed by atoms with E-state index in [4.69, 9.17) is 0 Å². The molecule has 6 nitrogen and oxygen atoms in total. The molecule has 0 amide bonds. The summed E-state index contributed by atoms with van der Waals surface area (Å²) in [5.41, 5.74) is 4.90. The Bertz CT molecular complexity index is 1600. The Morgan fingerprint density at radius 3 is 1.97 bits per heavy atom. The maximum absolute atomic E-state index is 4.53. The van der Waals surface area contributed by atoms with Gasteiger partial charge in [0.15, 0.2) is 10.3 Å². The Labute approximate surface area is 218 Å². The Kier molecular flexibility index (Phi) is 7.06. The number of aromatic nitrogens is 6. The molecule has 0 fully saturated rings. The molecule has 6 rings (SSSR count). The lowest BCUT2D eigenvalue weighted by Gasteiger charge is -2.05. The summed E-state index contributed by atoms with van der Waals surface area (Å²) in [6, 6.07) is 20.9. The second-order valence-corrected chi connectivity index (χ2v) is 9.79. The minimum atomic E-state index is 0.794. The van der Waals surface area contributed by atoms with Crippen molar-refractivity contribution in [3.63, 3.8) is 0 Å². The molecule has 4 heterocycles. The third-order valence-corrected chi connectivity index (χ3v) is 7.02. The highest BCUT2D eigenvalue weighted by molar-refractivity contribution is 7.98. The molecule has 180 valence electrons. The molecule has 0 saturated carbocycles. The van der Waals surface area contributed by atoms with Gasteiger partial charge in [0.2, 0.25) is 0 Å². The van der Waals surface area contributed by atoms with E-state index in [2.05, 4.69) is 104 Å². The van der Waals surface area contributed by atoms with Crippen LogP contribution in [0.4, 0.5) is 0 Å². The third-order valence-electron chi connectivity index (χ3n) is 5.90. The predicted octanol–water partition coefficient (Wildman–Crippen LogP) is 6.90. The summed E-state index contributed by atoms with van der Waals surface area (Å²) in [6.07, 6.45) is 11.7. The fourth-order valence-electron chi connectivity index (χ4n) is 4.09. The van der Waals surface area contributed by atoms with Gasteiger partial charge in [0.1, 0.15) is 11.6 Å². The zero-order valence-electron chi connectivity index (χ0n) is 20.6. The molecule has 0 unspecified atom stereocenters. The maximum atomic E-state index is 4.53. The molecular formula is C28H26N6S2. The Balaban J connectivity index is 0.000000148. The Morgan fingerprint density at radius 2 is 1.31 bits per heavy atom. The lowest BCUT2D eigenvalue weighted by molar-refractivity contribution is 0.907.